The number of nitrogens with one attached hydrogen (secondary N) is 2. The fraction of sp³-hybridized carbons (Fsp3) is 0.484. The van der Waals surface area contributed by atoms with E-state index in [-0.39, 0.29) is 66.0 Å². The molecule has 1 saturated carbocycles. The van der Waals surface area contributed by atoms with Crippen LogP contribution in [0.25, 0.3) is 0 Å². The molecule has 262 valence electrons. The minimum absolute atomic E-state index is 0.00219. The van der Waals surface area contributed by atoms with Gasteiger partial charge in [-0.25, -0.2) is 23.7 Å². The summed E-state index contributed by atoms with van der Waals surface area (Å²) in [6, 6.07) is 3.79. The number of benzene rings is 2. The van der Waals surface area contributed by atoms with Gasteiger partial charge in [0.2, 0.25) is 5.91 Å². The number of hydrogen-bond acceptors (Lipinski definition) is 9. The highest BCUT2D eigenvalue weighted by Gasteiger charge is 2.44. The van der Waals surface area contributed by atoms with Crippen LogP contribution in [-0.4, -0.2) is 90.3 Å². The molecule has 17 heteroatoms. The van der Waals surface area contributed by atoms with Crippen LogP contribution in [0.15, 0.2) is 30.3 Å². The molecule has 2 aliphatic rings. The van der Waals surface area contributed by atoms with Crippen molar-refractivity contribution in [1.29, 1.82) is 0 Å². The van der Waals surface area contributed by atoms with Crippen LogP contribution in [0.4, 0.5) is 19.7 Å². The monoisotopic (exact) mass is 713 g/mol. The summed E-state index contributed by atoms with van der Waals surface area (Å²) in [7, 11) is -0.770. The molecule has 4 rings (SSSR count). The molecule has 2 fully saturated rings. The first-order valence-electron chi connectivity index (χ1n) is 15.4. The van der Waals surface area contributed by atoms with Crippen LogP contribution < -0.4 is 25.4 Å². The molecule has 0 bridgehead atoms. The van der Waals surface area contributed by atoms with E-state index in [4.69, 9.17) is 30.1 Å². The maximum Gasteiger partial charge on any atom is 0.446 e. The molecule has 1 heterocycles. The van der Waals surface area contributed by atoms with Crippen LogP contribution in [0.1, 0.15) is 51.1 Å². The van der Waals surface area contributed by atoms with Crippen molar-refractivity contribution in [3.8, 4) is 11.5 Å². The minimum Gasteiger partial charge on any atom is -0.491 e. The van der Waals surface area contributed by atoms with Crippen molar-refractivity contribution in [3.63, 3.8) is 0 Å². The first-order chi connectivity index (χ1) is 22.9. The average Bonchev–Trinajstić information content (AvgIpc) is 3.46. The molecule has 4 N–H and O–H groups in total. The van der Waals surface area contributed by atoms with Crippen LogP contribution in [0.3, 0.4) is 0 Å². The number of amides is 5. The number of methoxy groups -OCH3 is 2. The van der Waals surface area contributed by atoms with Gasteiger partial charge in [0.15, 0.2) is 28.7 Å². The number of imide groups is 1. The first-order valence-corrected chi connectivity index (χ1v) is 17.4. The van der Waals surface area contributed by atoms with Crippen molar-refractivity contribution in [2.24, 2.45) is 5.92 Å². The molecule has 0 radical (unpaired) electrons. The predicted molar refractivity (Wildman–Crippen MR) is 175 cm³/mol. The highest BCUT2D eigenvalue weighted by atomic mass is 35.5. The molecule has 14 nitrogen and oxygen atoms in total. The van der Waals surface area contributed by atoms with Gasteiger partial charge in [-0.15, -0.1) is 0 Å². The van der Waals surface area contributed by atoms with Crippen molar-refractivity contribution in [2.45, 2.75) is 51.6 Å². The van der Waals surface area contributed by atoms with Crippen LogP contribution in [0, 0.1) is 11.7 Å². The van der Waals surface area contributed by atoms with Gasteiger partial charge in [0, 0.05) is 31.1 Å². The Kier molecular flexibility index (Phi) is 12.4. The number of aliphatic carboxylic acids is 1. The number of carbonyl (C=O) groups excluding carboxylic acids is 3. The number of carbonyl (C=O) groups is 4. The van der Waals surface area contributed by atoms with Crippen molar-refractivity contribution >= 4 is 54.5 Å². The number of hydrogen-bond donors (Lipinski definition) is 4. The second kappa shape index (κ2) is 16.1. The lowest BCUT2D eigenvalue weighted by atomic mass is 9.85. The summed E-state index contributed by atoms with van der Waals surface area (Å²) < 4.78 is 35.5. The van der Waals surface area contributed by atoms with E-state index in [2.05, 4.69) is 10.6 Å². The quantitative estimate of drug-likeness (QED) is 0.213. The minimum atomic E-state index is -3.35. The number of ether oxygens (including phenoxy) is 2. The van der Waals surface area contributed by atoms with Gasteiger partial charge in [-0.1, -0.05) is 23.7 Å². The Bertz CT molecular complexity index is 1500. The van der Waals surface area contributed by atoms with E-state index in [9.17, 15) is 33.6 Å². The van der Waals surface area contributed by atoms with Crippen LogP contribution in [0.5, 0.6) is 11.5 Å². The van der Waals surface area contributed by atoms with E-state index >= 15 is 0 Å². The number of anilines is 1. The molecule has 5 amide bonds. The number of halogens is 2. The second-order valence-corrected chi connectivity index (χ2v) is 13.5. The summed E-state index contributed by atoms with van der Waals surface area (Å²) in [5, 5.41) is 15.3. The van der Waals surface area contributed by atoms with Crippen molar-refractivity contribution in [2.75, 3.05) is 45.8 Å². The van der Waals surface area contributed by atoms with Crippen LogP contribution in [0.2, 0.25) is 5.02 Å². The zero-order valence-electron chi connectivity index (χ0n) is 27.0. The smallest absolute Gasteiger partial charge is 0.446 e. The van der Waals surface area contributed by atoms with Gasteiger partial charge in [-0.05, 0) is 57.2 Å². The van der Waals surface area contributed by atoms with E-state index in [1.54, 1.807) is 18.7 Å². The standard InChI is InChI=1S/C31H39ClFN4O10P/c1-5-46-48(43,47-6-2)21-13-9-18(10-14-21)25(29(39)40)35-30(41)37-16-15-36(31(37)42)20-11-7-19(8-12-20)28(38)34-23-17-22(33)26(44-3)27(45-4)24(23)32/h9-10,13-14,17,19-20,25,43H,5-8,11-12,15-16H2,1-4H3,(H2-,34,35,38,39,40,41)/p+1/t19?,20?,25-/m1/s1. The lowest BCUT2D eigenvalue weighted by molar-refractivity contribution is -0.139. The molecule has 48 heavy (non-hydrogen) atoms. The van der Waals surface area contributed by atoms with Crippen molar-refractivity contribution in [3.05, 3.63) is 46.7 Å². The summed E-state index contributed by atoms with van der Waals surface area (Å²) in [6.07, 6.45) is 1.83. The molecule has 1 aliphatic carbocycles. The van der Waals surface area contributed by atoms with E-state index in [1.807, 2.05) is 0 Å². The number of carboxylic acid groups (broad SMARTS) is 1. The molecule has 2 aromatic carbocycles. The molecule has 1 atom stereocenters. The largest absolute Gasteiger partial charge is 0.491 e. The van der Waals surface area contributed by atoms with E-state index in [1.165, 1.54) is 38.5 Å². The van der Waals surface area contributed by atoms with E-state index < -0.39 is 43.8 Å². The fourth-order valence-electron chi connectivity index (χ4n) is 5.90. The van der Waals surface area contributed by atoms with Crippen LogP contribution in [-0.2, 0) is 18.6 Å². The lowest BCUT2D eigenvalue weighted by Gasteiger charge is -2.33. The molecule has 0 aromatic heterocycles. The highest BCUT2D eigenvalue weighted by Crippen LogP contribution is 2.55. The van der Waals surface area contributed by atoms with Gasteiger partial charge in [-0.2, -0.15) is 13.9 Å². The third-order valence-electron chi connectivity index (χ3n) is 8.27. The molecule has 1 saturated heterocycles. The molecule has 0 unspecified atom stereocenters. The number of urea groups is 2. The molecular formula is C31H40ClFN4O10P+. The van der Waals surface area contributed by atoms with E-state index in [0.717, 1.165) is 11.0 Å². The maximum absolute atomic E-state index is 14.5. The zero-order chi connectivity index (χ0) is 35.2. The summed E-state index contributed by atoms with van der Waals surface area (Å²) >= 11 is 6.32. The Morgan fingerprint density at radius 2 is 1.62 bits per heavy atom. The Morgan fingerprint density at radius 1 is 1.02 bits per heavy atom. The average molecular weight is 714 g/mol. The first kappa shape index (κ1) is 37.1. The predicted octanol–water partition coefficient (Wildman–Crippen LogP) is 4.72. The highest BCUT2D eigenvalue weighted by molar-refractivity contribution is 7.68. The SMILES string of the molecule is CCO[P+](O)(OCC)c1ccc([C@@H](NC(=O)N2CCN(C3CCC(C(=O)Nc4cc(F)c(OC)c(OC)c4Cl)CC3)C2=O)C(=O)O)cc1. The third kappa shape index (κ3) is 7.92. The Hall–Kier alpha value is -3.75. The fourth-order valence-corrected chi connectivity index (χ4v) is 7.76. The molecule has 1 aliphatic heterocycles. The maximum atomic E-state index is 14.5. The van der Waals surface area contributed by atoms with Crippen molar-refractivity contribution < 1.29 is 52.1 Å². The summed E-state index contributed by atoms with van der Waals surface area (Å²) in [5.41, 5.74) is 0.265. The molecule has 0 spiro atoms. The van der Waals surface area contributed by atoms with Crippen LogP contribution >= 0.6 is 19.5 Å². The van der Waals surface area contributed by atoms with Gasteiger partial charge in [0.05, 0.1) is 33.1 Å². The van der Waals surface area contributed by atoms with Gasteiger partial charge < -0.3 is 30.1 Å². The normalized spacial score (nSPS) is 18.8. The summed E-state index contributed by atoms with van der Waals surface area (Å²) in [5.74, 6) is -3.09. The Balaban J connectivity index is 1.35. The number of carboxylic acids is 1. The Morgan fingerprint density at radius 3 is 2.17 bits per heavy atom. The molecule has 2 aromatic rings. The van der Waals surface area contributed by atoms with E-state index in [0.29, 0.717) is 31.0 Å². The molecular weight excluding hydrogens is 674 g/mol. The topological polar surface area (TPSA) is 176 Å². The van der Waals surface area contributed by atoms with Gasteiger partial charge in [-0.3, -0.25) is 4.79 Å². The zero-order valence-corrected chi connectivity index (χ0v) is 28.7. The Labute approximate surface area is 283 Å². The van der Waals surface area contributed by atoms with Gasteiger partial charge in [0.1, 0.15) is 5.02 Å². The third-order valence-corrected chi connectivity index (χ3v) is 10.8. The lowest BCUT2D eigenvalue weighted by Crippen LogP contribution is -2.47. The number of nitrogens with zero attached hydrogens (tertiary/aromatic N) is 2. The summed E-state index contributed by atoms with van der Waals surface area (Å²) in [4.78, 5) is 65.0. The summed E-state index contributed by atoms with van der Waals surface area (Å²) in [6.45, 7) is 4.13. The van der Waals surface area contributed by atoms with Gasteiger partial charge in [0.25, 0.3) is 0 Å². The number of rotatable bonds is 13. The second-order valence-electron chi connectivity index (χ2n) is 11.1. The van der Waals surface area contributed by atoms with Crippen molar-refractivity contribution in [1.82, 2.24) is 15.1 Å². The van der Waals surface area contributed by atoms with Gasteiger partial charge >= 0.3 is 26.0 Å².